The zero-order chi connectivity index (χ0) is 31.6. The van der Waals surface area contributed by atoms with Crippen LogP contribution in [0.15, 0.2) is 42.5 Å². The van der Waals surface area contributed by atoms with E-state index in [2.05, 4.69) is 32.7 Å². The third-order valence-electron chi connectivity index (χ3n) is 9.01. The molecule has 2 aromatic carbocycles. The molecule has 2 saturated heterocycles. The standard InChI is InChI=1S/C33H37F4N5O3/c1-38-31(43)22-7-12-28(30(14-22)45-21-34)39-13-3-4-25-15-26-27(5-2-6-29(26)42(25)18-33(35,36)37)40-23-8-10-24(11-9-23)41-16-32(17-41)19-44-20-32/h2,5-7,12,14-15,23-24,39-40H,8-11,13,16-21H2,1H3,(H,38,43)/t23-,24+. The molecule has 3 N–H and O–H groups in total. The molecular weight excluding hydrogens is 590 g/mol. The highest BCUT2D eigenvalue weighted by atomic mass is 19.4. The molecule has 240 valence electrons. The summed E-state index contributed by atoms with van der Waals surface area (Å²) in [6.07, 6.45) is -0.248. The van der Waals surface area contributed by atoms with Crippen molar-refractivity contribution in [2.45, 2.75) is 50.5 Å². The Morgan fingerprint density at radius 2 is 1.87 bits per heavy atom. The molecule has 0 atom stereocenters. The molecule has 3 fully saturated rings. The first-order chi connectivity index (χ1) is 21.7. The highest BCUT2D eigenvalue weighted by Gasteiger charge is 2.50. The Kier molecular flexibility index (Phi) is 8.84. The Labute approximate surface area is 259 Å². The normalized spacial score (nSPS) is 20.9. The summed E-state index contributed by atoms with van der Waals surface area (Å²) in [5.41, 5.74) is 2.59. The topological polar surface area (TPSA) is 79.8 Å². The first kappa shape index (κ1) is 31.0. The maximum Gasteiger partial charge on any atom is 0.406 e. The minimum Gasteiger partial charge on any atom is -0.461 e. The maximum absolute atomic E-state index is 13.7. The average Bonchev–Trinajstić information content (AvgIpc) is 3.31. The lowest BCUT2D eigenvalue weighted by atomic mass is 9.75. The Morgan fingerprint density at radius 3 is 2.53 bits per heavy atom. The monoisotopic (exact) mass is 627 g/mol. The highest BCUT2D eigenvalue weighted by molar-refractivity contribution is 5.95. The lowest BCUT2D eigenvalue weighted by molar-refractivity contribution is -0.200. The zero-order valence-electron chi connectivity index (χ0n) is 25.1. The van der Waals surface area contributed by atoms with E-state index in [1.807, 2.05) is 6.07 Å². The van der Waals surface area contributed by atoms with Crippen LogP contribution in [0.1, 0.15) is 41.7 Å². The lowest BCUT2D eigenvalue weighted by Crippen LogP contribution is -2.68. The number of nitrogens with one attached hydrogen (secondary N) is 3. The number of ether oxygens (including phenoxy) is 2. The number of hydrogen-bond acceptors (Lipinski definition) is 6. The van der Waals surface area contributed by atoms with Crippen LogP contribution in [0, 0.1) is 17.3 Å². The van der Waals surface area contributed by atoms with E-state index < -0.39 is 19.6 Å². The predicted octanol–water partition coefficient (Wildman–Crippen LogP) is 5.39. The van der Waals surface area contributed by atoms with E-state index in [-0.39, 0.29) is 29.9 Å². The highest BCUT2D eigenvalue weighted by Crippen LogP contribution is 2.41. The van der Waals surface area contributed by atoms with Crippen LogP contribution in [0.2, 0.25) is 0 Å². The number of benzene rings is 2. The van der Waals surface area contributed by atoms with Gasteiger partial charge < -0.3 is 30.0 Å². The number of rotatable bonds is 9. The smallest absolute Gasteiger partial charge is 0.406 e. The molecule has 1 aliphatic carbocycles. The number of aromatic nitrogens is 1. The molecule has 1 saturated carbocycles. The van der Waals surface area contributed by atoms with Gasteiger partial charge in [-0.25, -0.2) is 4.39 Å². The largest absolute Gasteiger partial charge is 0.461 e. The molecule has 6 rings (SSSR count). The van der Waals surface area contributed by atoms with Crippen LogP contribution in [-0.4, -0.2) is 80.4 Å². The van der Waals surface area contributed by atoms with Gasteiger partial charge in [0.2, 0.25) is 6.86 Å². The van der Waals surface area contributed by atoms with Crippen LogP contribution in [-0.2, 0) is 11.3 Å². The lowest BCUT2D eigenvalue weighted by Gasteiger charge is -2.58. The van der Waals surface area contributed by atoms with Gasteiger partial charge >= 0.3 is 6.18 Å². The number of likely N-dealkylation sites (tertiary alicyclic amines) is 1. The number of fused-ring (bicyclic) bond motifs is 1. The number of hydrogen-bond donors (Lipinski definition) is 3. The average molecular weight is 628 g/mol. The van der Waals surface area contributed by atoms with Crippen molar-refractivity contribution in [3.63, 3.8) is 0 Å². The number of anilines is 2. The molecule has 3 heterocycles. The van der Waals surface area contributed by atoms with Gasteiger partial charge in [-0.3, -0.25) is 9.69 Å². The van der Waals surface area contributed by atoms with E-state index >= 15 is 0 Å². The number of carbonyl (C=O) groups is 1. The van der Waals surface area contributed by atoms with Gasteiger partial charge in [0.15, 0.2) is 0 Å². The number of halogens is 4. The van der Waals surface area contributed by atoms with Crippen LogP contribution in [0.4, 0.5) is 28.9 Å². The van der Waals surface area contributed by atoms with Crippen molar-refractivity contribution in [1.29, 1.82) is 0 Å². The molecule has 1 spiro atoms. The van der Waals surface area contributed by atoms with Crippen LogP contribution >= 0.6 is 0 Å². The summed E-state index contributed by atoms with van der Waals surface area (Å²) >= 11 is 0. The molecule has 8 nitrogen and oxygen atoms in total. The summed E-state index contributed by atoms with van der Waals surface area (Å²) < 4.78 is 65.6. The molecule has 3 aromatic rings. The van der Waals surface area contributed by atoms with Crippen LogP contribution in [0.5, 0.6) is 5.75 Å². The van der Waals surface area contributed by atoms with Gasteiger partial charge in [-0.2, -0.15) is 13.2 Å². The van der Waals surface area contributed by atoms with Gasteiger partial charge in [-0.15, -0.1) is 0 Å². The molecule has 12 heteroatoms. The summed E-state index contributed by atoms with van der Waals surface area (Å²) in [6.45, 7) is 1.80. The van der Waals surface area contributed by atoms with E-state index in [0.29, 0.717) is 33.6 Å². The molecule has 0 bridgehead atoms. The van der Waals surface area contributed by atoms with Gasteiger partial charge in [0.1, 0.15) is 12.3 Å². The molecule has 45 heavy (non-hydrogen) atoms. The summed E-state index contributed by atoms with van der Waals surface area (Å²) in [5.74, 6) is 5.55. The fourth-order valence-electron chi connectivity index (χ4n) is 6.72. The summed E-state index contributed by atoms with van der Waals surface area (Å²) in [7, 11) is 1.48. The third-order valence-corrected chi connectivity index (χ3v) is 9.01. The molecule has 2 aliphatic heterocycles. The van der Waals surface area contributed by atoms with E-state index in [9.17, 15) is 22.4 Å². The summed E-state index contributed by atoms with van der Waals surface area (Å²) in [5, 5.41) is 9.80. The van der Waals surface area contributed by atoms with Crippen LogP contribution in [0.3, 0.4) is 0 Å². The SMILES string of the molecule is CNC(=O)c1ccc(NCC#Cc2cc3c(N[C@H]4CC[C@@H](N5CC6(COC6)C5)CC4)cccc3n2CC(F)(F)F)c(OCF)c1. The molecule has 3 aliphatic rings. The number of amides is 1. The molecule has 1 amide bonds. The second-order valence-electron chi connectivity index (χ2n) is 12.2. The second-order valence-corrected chi connectivity index (χ2v) is 12.2. The number of alkyl halides is 4. The number of nitrogens with zero attached hydrogens (tertiary/aromatic N) is 2. The summed E-state index contributed by atoms with van der Waals surface area (Å²) in [6, 6.07) is 12.4. The van der Waals surface area contributed by atoms with E-state index in [4.69, 9.17) is 9.47 Å². The van der Waals surface area contributed by atoms with Crippen molar-refractivity contribution >= 4 is 28.2 Å². The van der Waals surface area contributed by atoms with Gasteiger partial charge in [-0.05, 0) is 68.0 Å². The minimum atomic E-state index is -4.44. The Hall–Kier alpha value is -3.95. The third kappa shape index (κ3) is 6.84. The van der Waals surface area contributed by atoms with Crippen molar-refractivity contribution in [3.8, 4) is 17.6 Å². The van der Waals surface area contributed by atoms with E-state index in [1.54, 1.807) is 30.3 Å². The molecule has 0 unspecified atom stereocenters. The molecular formula is C33H37F4N5O3. The van der Waals surface area contributed by atoms with Crippen LogP contribution < -0.4 is 20.7 Å². The van der Waals surface area contributed by atoms with Gasteiger partial charge in [0.05, 0.1) is 36.7 Å². The van der Waals surface area contributed by atoms with Crippen molar-refractivity contribution < 1.29 is 31.8 Å². The molecule has 1 aromatic heterocycles. The molecule has 0 radical (unpaired) electrons. The minimum absolute atomic E-state index is 0.0506. The summed E-state index contributed by atoms with van der Waals surface area (Å²) in [4.78, 5) is 14.5. The first-order valence-corrected chi connectivity index (χ1v) is 15.2. The van der Waals surface area contributed by atoms with Crippen molar-refractivity contribution in [3.05, 3.63) is 53.7 Å². The Morgan fingerprint density at radius 1 is 1.09 bits per heavy atom. The van der Waals surface area contributed by atoms with Gasteiger partial charge in [0, 0.05) is 54.3 Å². The maximum atomic E-state index is 13.7. The Bertz CT molecular complexity index is 1590. The van der Waals surface area contributed by atoms with Crippen LogP contribution in [0.25, 0.3) is 10.9 Å². The Balaban J connectivity index is 1.15. The fraction of sp³-hybridized carbons (Fsp3) is 0.485. The van der Waals surface area contributed by atoms with E-state index in [0.717, 1.165) is 57.7 Å². The quantitative estimate of drug-likeness (QED) is 0.218. The van der Waals surface area contributed by atoms with Gasteiger partial charge in [-0.1, -0.05) is 12.0 Å². The van der Waals surface area contributed by atoms with E-state index in [1.165, 1.54) is 17.7 Å². The van der Waals surface area contributed by atoms with Gasteiger partial charge in [0.25, 0.3) is 5.91 Å². The predicted molar refractivity (Wildman–Crippen MR) is 164 cm³/mol. The number of carbonyl (C=O) groups excluding carboxylic acids is 1. The first-order valence-electron chi connectivity index (χ1n) is 15.2. The van der Waals surface area contributed by atoms with Crippen molar-refractivity contribution in [2.24, 2.45) is 5.41 Å². The zero-order valence-corrected chi connectivity index (χ0v) is 25.1. The van der Waals surface area contributed by atoms with Crippen molar-refractivity contribution in [2.75, 3.05) is 57.4 Å². The fourth-order valence-corrected chi connectivity index (χ4v) is 6.72. The van der Waals surface area contributed by atoms with Crippen molar-refractivity contribution in [1.82, 2.24) is 14.8 Å². The second kappa shape index (κ2) is 12.8.